The van der Waals surface area contributed by atoms with Crippen molar-refractivity contribution in [3.63, 3.8) is 0 Å². The first-order valence-corrected chi connectivity index (χ1v) is 4.97. The first-order chi connectivity index (χ1) is 5.74. The molecule has 0 aliphatic rings. The first kappa shape index (κ1) is 11.6. The van der Waals surface area contributed by atoms with Crippen LogP contribution in [0.4, 0.5) is 4.39 Å². The van der Waals surface area contributed by atoms with Gasteiger partial charge in [0.15, 0.2) is 0 Å². The summed E-state index contributed by atoms with van der Waals surface area (Å²) >= 11 is 3.19. The molecule has 0 unspecified atom stereocenters. The molecule has 0 spiro atoms. The number of rotatable bonds is 1. The van der Waals surface area contributed by atoms with Crippen molar-refractivity contribution in [2.24, 2.45) is 0 Å². The van der Waals surface area contributed by atoms with E-state index in [1.54, 1.807) is 6.07 Å². The van der Waals surface area contributed by atoms with E-state index < -0.39 is 0 Å². The van der Waals surface area contributed by atoms with Gasteiger partial charge >= 0.3 is 0 Å². The lowest BCUT2D eigenvalue weighted by Gasteiger charge is -1.97. The molecule has 0 nitrogen and oxygen atoms in total. The van der Waals surface area contributed by atoms with E-state index >= 15 is 0 Å². The maximum atomic E-state index is 12.8. The third kappa shape index (κ3) is 3.35. The van der Waals surface area contributed by atoms with Gasteiger partial charge in [-0.2, -0.15) is 0 Å². The molecule has 0 aliphatic carbocycles. The van der Waals surface area contributed by atoms with Crippen LogP contribution in [0.25, 0.3) is 0 Å². The first-order valence-electron chi connectivity index (χ1n) is 4.18. The molecule has 0 saturated carbocycles. The smallest absolute Gasteiger partial charge is 0.127 e. The Morgan fingerprint density at radius 3 is 2.33 bits per heavy atom. The zero-order chi connectivity index (χ0) is 9.56. The molecule has 0 fully saturated rings. The lowest BCUT2D eigenvalue weighted by atomic mass is 10.2. The van der Waals surface area contributed by atoms with Gasteiger partial charge in [0.2, 0.25) is 0 Å². The van der Waals surface area contributed by atoms with Crippen LogP contribution in [-0.4, -0.2) is 0 Å². The van der Waals surface area contributed by atoms with E-state index in [2.05, 4.69) is 15.9 Å². The van der Waals surface area contributed by atoms with Crippen LogP contribution in [-0.2, 0) is 6.42 Å². The topological polar surface area (TPSA) is 0 Å². The van der Waals surface area contributed by atoms with Gasteiger partial charge in [-0.3, -0.25) is 0 Å². The third-order valence-electron chi connectivity index (χ3n) is 1.40. The molecule has 0 aromatic heterocycles. The highest BCUT2D eigenvalue weighted by molar-refractivity contribution is 9.10. The van der Waals surface area contributed by atoms with Crippen molar-refractivity contribution < 1.29 is 4.39 Å². The number of hydrogen-bond donors (Lipinski definition) is 0. The van der Waals surface area contributed by atoms with Crippen molar-refractivity contribution in [3.8, 4) is 0 Å². The van der Waals surface area contributed by atoms with Gasteiger partial charge in [-0.15, -0.1) is 0 Å². The maximum Gasteiger partial charge on any atom is 0.127 e. The summed E-state index contributed by atoms with van der Waals surface area (Å²) in [6.07, 6.45) is 0.749. The standard InChI is InChI=1S/C8H8BrF.C2H6/c1-2-6-3-4-7(9)5-8(6)10;1-2/h3-5H,2H2,1H3;1-2H3. The second kappa shape index (κ2) is 6.18. The quantitative estimate of drug-likeness (QED) is 0.682. The van der Waals surface area contributed by atoms with Crippen LogP contribution in [0.5, 0.6) is 0 Å². The van der Waals surface area contributed by atoms with E-state index in [1.807, 2.05) is 26.8 Å². The van der Waals surface area contributed by atoms with Crippen molar-refractivity contribution in [2.45, 2.75) is 27.2 Å². The van der Waals surface area contributed by atoms with Crippen molar-refractivity contribution in [3.05, 3.63) is 34.1 Å². The lowest BCUT2D eigenvalue weighted by molar-refractivity contribution is 0.611. The molecule has 0 bridgehead atoms. The second-order valence-electron chi connectivity index (χ2n) is 2.09. The van der Waals surface area contributed by atoms with Gasteiger partial charge in [0.05, 0.1) is 0 Å². The summed E-state index contributed by atoms with van der Waals surface area (Å²) < 4.78 is 13.6. The molecule has 0 heterocycles. The normalized spacial score (nSPS) is 8.75. The molecule has 1 rings (SSSR count). The summed E-state index contributed by atoms with van der Waals surface area (Å²) in [6.45, 7) is 5.94. The van der Waals surface area contributed by atoms with Gasteiger partial charge in [0.25, 0.3) is 0 Å². The van der Waals surface area contributed by atoms with Crippen molar-refractivity contribution in [1.29, 1.82) is 0 Å². The molecule has 12 heavy (non-hydrogen) atoms. The highest BCUT2D eigenvalue weighted by atomic mass is 79.9. The largest absolute Gasteiger partial charge is 0.207 e. The summed E-state index contributed by atoms with van der Waals surface area (Å²) in [5.41, 5.74) is 0.767. The molecule has 0 saturated heterocycles. The summed E-state index contributed by atoms with van der Waals surface area (Å²) in [5, 5.41) is 0. The molecule has 1 aromatic rings. The van der Waals surface area contributed by atoms with Gasteiger partial charge in [0, 0.05) is 4.47 Å². The molecular formula is C10H14BrF. The Bertz CT molecular complexity index is 233. The van der Waals surface area contributed by atoms with E-state index in [1.165, 1.54) is 6.07 Å². The van der Waals surface area contributed by atoms with Crippen LogP contribution < -0.4 is 0 Å². The fraction of sp³-hybridized carbons (Fsp3) is 0.400. The van der Waals surface area contributed by atoms with Crippen LogP contribution in [0.1, 0.15) is 26.3 Å². The highest BCUT2D eigenvalue weighted by Crippen LogP contribution is 2.15. The van der Waals surface area contributed by atoms with Crippen LogP contribution >= 0.6 is 15.9 Å². The molecular weight excluding hydrogens is 219 g/mol. The van der Waals surface area contributed by atoms with Gasteiger partial charge in [-0.25, -0.2) is 4.39 Å². The van der Waals surface area contributed by atoms with E-state index in [4.69, 9.17) is 0 Å². The summed E-state index contributed by atoms with van der Waals surface area (Å²) in [5.74, 6) is -0.128. The SMILES string of the molecule is CC.CCc1ccc(Br)cc1F. The molecule has 68 valence electrons. The zero-order valence-electron chi connectivity index (χ0n) is 7.70. The number of halogens is 2. The molecule has 0 atom stereocenters. The monoisotopic (exact) mass is 232 g/mol. The second-order valence-corrected chi connectivity index (χ2v) is 3.00. The minimum absolute atomic E-state index is 0.128. The predicted octanol–water partition coefficient (Wildman–Crippen LogP) is 4.18. The Morgan fingerprint density at radius 1 is 1.33 bits per heavy atom. The van der Waals surface area contributed by atoms with Crippen molar-refractivity contribution in [1.82, 2.24) is 0 Å². The van der Waals surface area contributed by atoms with Gasteiger partial charge in [0.1, 0.15) is 5.82 Å². The van der Waals surface area contributed by atoms with E-state index in [9.17, 15) is 4.39 Å². The zero-order valence-corrected chi connectivity index (χ0v) is 9.28. The fourth-order valence-corrected chi connectivity index (χ4v) is 1.14. The summed E-state index contributed by atoms with van der Waals surface area (Å²) in [4.78, 5) is 0. The minimum Gasteiger partial charge on any atom is -0.207 e. The summed E-state index contributed by atoms with van der Waals surface area (Å²) in [7, 11) is 0. The Labute approximate surface area is 81.9 Å². The predicted molar refractivity (Wildman–Crippen MR) is 54.8 cm³/mol. The van der Waals surface area contributed by atoms with Crippen molar-refractivity contribution in [2.75, 3.05) is 0 Å². The Morgan fingerprint density at radius 2 is 1.92 bits per heavy atom. The molecule has 0 aliphatic heterocycles. The summed E-state index contributed by atoms with van der Waals surface area (Å²) in [6, 6.07) is 5.13. The molecule has 0 N–H and O–H groups in total. The van der Waals surface area contributed by atoms with E-state index in [-0.39, 0.29) is 5.82 Å². The Balaban J connectivity index is 0.000000561. The van der Waals surface area contributed by atoms with Crippen LogP contribution in [0.3, 0.4) is 0 Å². The maximum absolute atomic E-state index is 12.8. The fourth-order valence-electron chi connectivity index (χ4n) is 0.808. The highest BCUT2D eigenvalue weighted by Gasteiger charge is 1.98. The van der Waals surface area contributed by atoms with Crippen molar-refractivity contribution >= 4 is 15.9 Å². The average molecular weight is 233 g/mol. The van der Waals surface area contributed by atoms with Gasteiger partial charge in [-0.1, -0.05) is 42.8 Å². The molecule has 1 aromatic carbocycles. The average Bonchev–Trinajstić information content (AvgIpc) is 2.08. The van der Waals surface area contributed by atoms with Gasteiger partial charge in [-0.05, 0) is 24.1 Å². The molecule has 0 amide bonds. The van der Waals surface area contributed by atoms with E-state index in [0.717, 1.165) is 16.5 Å². The van der Waals surface area contributed by atoms with Crippen LogP contribution in [0.2, 0.25) is 0 Å². The molecule has 0 radical (unpaired) electrons. The Kier molecular flexibility index (Phi) is 5.99. The van der Waals surface area contributed by atoms with Crippen LogP contribution in [0, 0.1) is 5.82 Å². The number of aryl methyl sites for hydroxylation is 1. The number of benzene rings is 1. The molecule has 2 heteroatoms. The number of hydrogen-bond acceptors (Lipinski definition) is 0. The Hall–Kier alpha value is -0.370. The minimum atomic E-state index is -0.128. The van der Waals surface area contributed by atoms with E-state index in [0.29, 0.717) is 0 Å². The lowest BCUT2D eigenvalue weighted by Crippen LogP contribution is -1.85. The van der Waals surface area contributed by atoms with Crippen LogP contribution in [0.15, 0.2) is 22.7 Å². The van der Waals surface area contributed by atoms with Gasteiger partial charge < -0.3 is 0 Å². The third-order valence-corrected chi connectivity index (χ3v) is 1.89.